The van der Waals surface area contributed by atoms with Gasteiger partial charge in [-0.1, -0.05) is 48.5 Å². The van der Waals surface area contributed by atoms with Crippen LogP contribution in [0.2, 0.25) is 0 Å². The minimum absolute atomic E-state index is 0.394. The van der Waals surface area contributed by atoms with Gasteiger partial charge in [-0.05, 0) is 36.4 Å². The standard InChI is InChI=1S/C24H26O5/c1-25-21-14-12-20(13-15-21)24(28-18-16-26-22-8-4-2-5-9-22)29-19-17-27-23-10-6-3-7-11-23/h2-15,24H,16-19H2,1H3. The van der Waals surface area contributed by atoms with Crippen LogP contribution in [-0.4, -0.2) is 33.5 Å². The lowest BCUT2D eigenvalue weighted by molar-refractivity contribution is -0.154. The van der Waals surface area contributed by atoms with Gasteiger partial charge in [0.05, 0.1) is 20.3 Å². The molecule has 3 aromatic rings. The van der Waals surface area contributed by atoms with E-state index in [1.54, 1.807) is 7.11 Å². The zero-order valence-corrected chi connectivity index (χ0v) is 16.5. The van der Waals surface area contributed by atoms with Crippen molar-refractivity contribution < 1.29 is 23.7 Å². The molecule has 0 radical (unpaired) electrons. The predicted octanol–water partition coefficient (Wildman–Crippen LogP) is 4.89. The summed E-state index contributed by atoms with van der Waals surface area (Å²) in [5, 5.41) is 0. The molecule has 152 valence electrons. The number of hydrogen-bond acceptors (Lipinski definition) is 5. The molecule has 0 aromatic heterocycles. The molecule has 0 aliphatic carbocycles. The Morgan fingerprint density at radius 1 is 0.552 bits per heavy atom. The molecule has 0 unspecified atom stereocenters. The number of hydrogen-bond donors (Lipinski definition) is 0. The summed E-state index contributed by atoms with van der Waals surface area (Å²) in [5.74, 6) is 2.41. The Labute approximate surface area is 171 Å². The van der Waals surface area contributed by atoms with Crippen LogP contribution in [-0.2, 0) is 9.47 Å². The summed E-state index contributed by atoms with van der Waals surface area (Å²) in [6, 6.07) is 26.9. The molecular weight excluding hydrogens is 368 g/mol. The largest absolute Gasteiger partial charge is 0.497 e. The average molecular weight is 394 g/mol. The van der Waals surface area contributed by atoms with Crippen molar-refractivity contribution in [2.45, 2.75) is 6.29 Å². The van der Waals surface area contributed by atoms with Crippen molar-refractivity contribution in [3.8, 4) is 17.2 Å². The third-order valence-electron chi connectivity index (χ3n) is 4.12. The highest BCUT2D eigenvalue weighted by molar-refractivity contribution is 5.28. The number of benzene rings is 3. The second kappa shape index (κ2) is 11.7. The van der Waals surface area contributed by atoms with E-state index in [4.69, 9.17) is 23.7 Å². The van der Waals surface area contributed by atoms with Gasteiger partial charge in [-0.3, -0.25) is 0 Å². The zero-order valence-electron chi connectivity index (χ0n) is 16.5. The molecule has 0 aliphatic heterocycles. The van der Waals surface area contributed by atoms with E-state index in [1.165, 1.54) is 0 Å². The van der Waals surface area contributed by atoms with E-state index < -0.39 is 6.29 Å². The number of ether oxygens (including phenoxy) is 5. The predicted molar refractivity (Wildman–Crippen MR) is 112 cm³/mol. The van der Waals surface area contributed by atoms with Gasteiger partial charge in [0.25, 0.3) is 0 Å². The smallest absolute Gasteiger partial charge is 0.184 e. The highest BCUT2D eigenvalue weighted by Crippen LogP contribution is 2.22. The minimum atomic E-state index is -0.514. The van der Waals surface area contributed by atoms with Gasteiger partial charge < -0.3 is 23.7 Å². The Kier molecular flexibility index (Phi) is 8.38. The number of methoxy groups -OCH3 is 1. The first-order valence-electron chi connectivity index (χ1n) is 9.58. The van der Waals surface area contributed by atoms with Crippen molar-refractivity contribution in [2.75, 3.05) is 33.5 Å². The third-order valence-corrected chi connectivity index (χ3v) is 4.12. The van der Waals surface area contributed by atoms with Gasteiger partial charge in [0, 0.05) is 5.56 Å². The van der Waals surface area contributed by atoms with Gasteiger partial charge in [0.15, 0.2) is 6.29 Å². The Morgan fingerprint density at radius 2 is 1.03 bits per heavy atom. The molecule has 0 saturated heterocycles. The minimum Gasteiger partial charge on any atom is -0.497 e. The summed E-state index contributed by atoms with van der Waals surface area (Å²) in [7, 11) is 1.64. The van der Waals surface area contributed by atoms with Gasteiger partial charge in [-0.25, -0.2) is 0 Å². The van der Waals surface area contributed by atoms with Crippen molar-refractivity contribution in [1.29, 1.82) is 0 Å². The van der Waals surface area contributed by atoms with Crippen molar-refractivity contribution in [3.05, 3.63) is 90.5 Å². The Balaban J connectivity index is 1.49. The lowest BCUT2D eigenvalue weighted by Crippen LogP contribution is -2.17. The van der Waals surface area contributed by atoms with Crippen LogP contribution in [0.15, 0.2) is 84.9 Å². The first kappa shape index (κ1) is 20.7. The molecule has 3 aromatic carbocycles. The molecule has 0 fully saturated rings. The summed E-state index contributed by atoms with van der Waals surface area (Å²) in [6.45, 7) is 1.65. The van der Waals surface area contributed by atoms with Crippen LogP contribution in [0.25, 0.3) is 0 Å². The normalized spacial score (nSPS) is 10.7. The molecule has 0 atom stereocenters. The zero-order chi connectivity index (χ0) is 20.2. The SMILES string of the molecule is COc1ccc(C(OCCOc2ccccc2)OCCOc2ccccc2)cc1. The maximum absolute atomic E-state index is 5.93. The van der Waals surface area contributed by atoms with Crippen LogP contribution in [0.4, 0.5) is 0 Å². The highest BCUT2D eigenvalue weighted by atomic mass is 16.7. The van der Waals surface area contributed by atoms with E-state index >= 15 is 0 Å². The Morgan fingerprint density at radius 3 is 1.48 bits per heavy atom. The molecular formula is C24H26O5. The van der Waals surface area contributed by atoms with Crippen LogP contribution < -0.4 is 14.2 Å². The first-order valence-corrected chi connectivity index (χ1v) is 9.58. The second-order valence-corrected chi connectivity index (χ2v) is 6.17. The summed E-state index contributed by atoms with van der Waals surface area (Å²) < 4.78 is 28.5. The molecule has 5 heteroatoms. The third kappa shape index (κ3) is 7.14. The number of rotatable bonds is 12. The quantitative estimate of drug-likeness (QED) is 0.323. The van der Waals surface area contributed by atoms with Gasteiger partial charge in [-0.2, -0.15) is 0 Å². The summed E-state index contributed by atoms with van der Waals surface area (Å²) >= 11 is 0. The van der Waals surface area contributed by atoms with E-state index in [0.717, 1.165) is 22.8 Å². The fourth-order valence-corrected chi connectivity index (χ4v) is 2.66. The van der Waals surface area contributed by atoms with Gasteiger partial charge in [-0.15, -0.1) is 0 Å². The Bertz CT molecular complexity index is 758. The summed E-state index contributed by atoms with van der Waals surface area (Å²) in [5.41, 5.74) is 0.908. The molecule has 0 N–H and O–H groups in total. The van der Waals surface area contributed by atoms with E-state index in [1.807, 2.05) is 84.9 Å². The molecule has 0 amide bonds. The van der Waals surface area contributed by atoms with Crippen molar-refractivity contribution in [3.63, 3.8) is 0 Å². The number of para-hydroxylation sites is 2. The van der Waals surface area contributed by atoms with Crippen LogP contribution in [0.5, 0.6) is 17.2 Å². The lowest BCUT2D eigenvalue weighted by atomic mass is 10.2. The van der Waals surface area contributed by atoms with Crippen LogP contribution in [0.1, 0.15) is 11.9 Å². The molecule has 0 spiro atoms. The second-order valence-electron chi connectivity index (χ2n) is 6.17. The fraction of sp³-hybridized carbons (Fsp3) is 0.250. The van der Waals surface area contributed by atoms with Gasteiger partial charge >= 0.3 is 0 Å². The molecule has 0 heterocycles. The van der Waals surface area contributed by atoms with Crippen LogP contribution in [0.3, 0.4) is 0 Å². The molecule has 5 nitrogen and oxygen atoms in total. The fourth-order valence-electron chi connectivity index (χ4n) is 2.66. The van der Waals surface area contributed by atoms with E-state index in [9.17, 15) is 0 Å². The van der Waals surface area contributed by atoms with Gasteiger partial charge in [0.1, 0.15) is 30.5 Å². The topological polar surface area (TPSA) is 46.2 Å². The van der Waals surface area contributed by atoms with Crippen molar-refractivity contribution in [1.82, 2.24) is 0 Å². The summed E-state index contributed by atoms with van der Waals surface area (Å²) in [6.07, 6.45) is -0.514. The molecule has 0 aliphatic rings. The maximum Gasteiger partial charge on any atom is 0.184 e. The first-order chi connectivity index (χ1) is 14.3. The van der Waals surface area contributed by atoms with Crippen molar-refractivity contribution in [2.24, 2.45) is 0 Å². The maximum atomic E-state index is 5.93. The molecule has 3 rings (SSSR count). The van der Waals surface area contributed by atoms with E-state index in [-0.39, 0.29) is 0 Å². The monoisotopic (exact) mass is 394 g/mol. The lowest BCUT2D eigenvalue weighted by Gasteiger charge is -2.20. The highest BCUT2D eigenvalue weighted by Gasteiger charge is 2.13. The van der Waals surface area contributed by atoms with Gasteiger partial charge in [0.2, 0.25) is 0 Å². The van der Waals surface area contributed by atoms with Crippen molar-refractivity contribution >= 4 is 0 Å². The molecule has 29 heavy (non-hydrogen) atoms. The average Bonchev–Trinajstić information content (AvgIpc) is 2.79. The molecule has 0 bridgehead atoms. The molecule has 0 saturated carbocycles. The van der Waals surface area contributed by atoms with Crippen LogP contribution >= 0.6 is 0 Å². The van der Waals surface area contributed by atoms with E-state index in [2.05, 4.69) is 0 Å². The summed E-state index contributed by atoms with van der Waals surface area (Å²) in [4.78, 5) is 0. The Hall–Kier alpha value is -3.02. The van der Waals surface area contributed by atoms with Crippen LogP contribution in [0, 0.1) is 0 Å². The van der Waals surface area contributed by atoms with E-state index in [0.29, 0.717) is 26.4 Å².